The molecule has 0 saturated carbocycles. The molecule has 1 fully saturated rings. The van der Waals surface area contributed by atoms with Crippen LogP contribution in [0.15, 0.2) is 54.6 Å². The number of rotatable bonds is 6. The molecule has 0 spiro atoms. The topological polar surface area (TPSA) is 61.8 Å². The molecule has 1 saturated heterocycles. The zero-order valence-corrected chi connectivity index (χ0v) is 14.2. The first-order chi connectivity index (χ1) is 12.2. The summed E-state index contributed by atoms with van der Waals surface area (Å²) in [5, 5.41) is 12.4. The van der Waals surface area contributed by atoms with Crippen molar-refractivity contribution in [2.45, 2.75) is 25.4 Å². The zero-order valence-electron chi connectivity index (χ0n) is 14.2. The average Bonchev–Trinajstić information content (AvgIpc) is 2.64. The van der Waals surface area contributed by atoms with Crippen LogP contribution in [0.25, 0.3) is 0 Å². The lowest BCUT2D eigenvalue weighted by molar-refractivity contribution is -0.116. The Hall–Kier alpha value is -2.37. The Morgan fingerprint density at radius 3 is 2.36 bits per heavy atom. The van der Waals surface area contributed by atoms with E-state index in [9.17, 15) is 9.90 Å². The molecule has 0 aromatic heterocycles. The molecule has 1 aliphatic rings. The normalized spacial score (nSPS) is 15.7. The van der Waals surface area contributed by atoms with Gasteiger partial charge < -0.3 is 20.1 Å². The summed E-state index contributed by atoms with van der Waals surface area (Å²) in [4.78, 5) is 14.3. The summed E-state index contributed by atoms with van der Waals surface area (Å²) in [6.45, 7) is 2.45. The van der Waals surface area contributed by atoms with Gasteiger partial charge in [0.15, 0.2) is 0 Å². The predicted molar refractivity (Wildman–Crippen MR) is 97.9 cm³/mol. The van der Waals surface area contributed by atoms with E-state index < -0.39 is 0 Å². The molecular weight excluding hydrogens is 316 g/mol. The van der Waals surface area contributed by atoms with Gasteiger partial charge in [0.2, 0.25) is 5.91 Å². The Morgan fingerprint density at radius 1 is 1.04 bits per heavy atom. The van der Waals surface area contributed by atoms with Crippen molar-refractivity contribution in [2.24, 2.45) is 0 Å². The van der Waals surface area contributed by atoms with Crippen LogP contribution < -0.4 is 10.1 Å². The second-order valence-corrected chi connectivity index (χ2v) is 6.31. The van der Waals surface area contributed by atoms with Crippen LogP contribution >= 0.6 is 0 Å². The molecule has 0 atom stereocenters. The number of aliphatic hydroxyl groups is 1. The Labute approximate surface area is 148 Å². The van der Waals surface area contributed by atoms with Crippen molar-refractivity contribution >= 4 is 11.6 Å². The van der Waals surface area contributed by atoms with Crippen molar-refractivity contribution in [3.63, 3.8) is 0 Å². The van der Waals surface area contributed by atoms with Crippen molar-refractivity contribution in [1.82, 2.24) is 4.90 Å². The lowest BCUT2D eigenvalue weighted by Crippen LogP contribution is -2.37. The highest BCUT2D eigenvalue weighted by molar-refractivity contribution is 5.90. The van der Waals surface area contributed by atoms with Gasteiger partial charge in [-0.1, -0.05) is 18.2 Å². The number of nitrogens with zero attached hydrogens (tertiary/aromatic N) is 1. The molecule has 2 aromatic carbocycles. The Morgan fingerprint density at radius 2 is 1.68 bits per heavy atom. The number of amides is 1. The molecule has 132 valence electrons. The van der Waals surface area contributed by atoms with E-state index in [1.165, 1.54) is 0 Å². The van der Waals surface area contributed by atoms with Crippen molar-refractivity contribution in [2.75, 3.05) is 25.0 Å². The first-order valence-electron chi connectivity index (χ1n) is 8.72. The molecule has 5 nitrogen and oxygen atoms in total. The van der Waals surface area contributed by atoms with Gasteiger partial charge in [-0.2, -0.15) is 0 Å². The zero-order chi connectivity index (χ0) is 17.5. The van der Waals surface area contributed by atoms with Gasteiger partial charge in [0.25, 0.3) is 0 Å². The summed E-state index contributed by atoms with van der Waals surface area (Å²) >= 11 is 0. The molecular formula is C20H24N2O3. The van der Waals surface area contributed by atoms with Gasteiger partial charge in [0, 0.05) is 31.7 Å². The Balaban J connectivity index is 1.44. The minimum atomic E-state index is -0.179. The second-order valence-electron chi connectivity index (χ2n) is 6.31. The summed E-state index contributed by atoms with van der Waals surface area (Å²) in [6, 6.07) is 17.0. The van der Waals surface area contributed by atoms with E-state index in [4.69, 9.17) is 4.74 Å². The predicted octanol–water partition coefficient (Wildman–Crippen LogP) is 3.26. The number of hydrogen-bond acceptors (Lipinski definition) is 4. The van der Waals surface area contributed by atoms with E-state index in [1.807, 2.05) is 54.6 Å². The molecule has 0 aliphatic carbocycles. The number of nitrogens with one attached hydrogen (secondary N) is 1. The average molecular weight is 340 g/mol. The molecule has 0 bridgehead atoms. The summed E-state index contributed by atoms with van der Waals surface area (Å²) < 4.78 is 5.73. The molecule has 3 rings (SSSR count). The molecule has 1 heterocycles. The summed E-state index contributed by atoms with van der Waals surface area (Å²) in [5.41, 5.74) is 0.763. The third-order valence-corrected chi connectivity index (χ3v) is 4.33. The molecule has 0 radical (unpaired) electrons. The van der Waals surface area contributed by atoms with Gasteiger partial charge in [0.1, 0.15) is 11.5 Å². The van der Waals surface area contributed by atoms with Crippen LogP contribution in [0.5, 0.6) is 11.5 Å². The number of carbonyl (C=O) groups excluding carboxylic acids is 1. The quantitative estimate of drug-likeness (QED) is 0.847. The summed E-state index contributed by atoms with van der Waals surface area (Å²) in [7, 11) is 0. The molecule has 0 unspecified atom stereocenters. The smallest absolute Gasteiger partial charge is 0.225 e. The van der Waals surface area contributed by atoms with E-state index in [1.54, 1.807) is 0 Å². The minimum Gasteiger partial charge on any atom is -0.457 e. The molecule has 1 aliphatic heterocycles. The SMILES string of the molecule is O=C(CCN1CCC(O)CC1)Nc1ccc(Oc2ccccc2)cc1. The minimum absolute atomic E-state index is 0.00264. The van der Waals surface area contributed by atoms with Crippen LogP contribution in [0.2, 0.25) is 0 Å². The maximum absolute atomic E-state index is 12.1. The number of hydrogen-bond donors (Lipinski definition) is 2. The van der Waals surface area contributed by atoms with Crippen LogP contribution in [0.3, 0.4) is 0 Å². The number of aliphatic hydroxyl groups excluding tert-OH is 1. The number of para-hydroxylation sites is 1. The van der Waals surface area contributed by atoms with Gasteiger partial charge >= 0.3 is 0 Å². The Kier molecular flexibility index (Phi) is 6.04. The number of benzene rings is 2. The fourth-order valence-electron chi connectivity index (χ4n) is 2.86. The van der Waals surface area contributed by atoms with Gasteiger partial charge in [-0.3, -0.25) is 4.79 Å². The monoisotopic (exact) mass is 340 g/mol. The van der Waals surface area contributed by atoms with Crippen LogP contribution in [0, 0.1) is 0 Å². The van der Waals surface area contributed by atoms with E-state index >= 15 is 0 Å². The first kappa shape index (κ1) is 17.5. The maximum Gasteiger partial charge on any atom is 0.225 e. The summed E-state index contributed by atoms with van der Waals surface area (Å²) in [5.74, 6) is 1.52. The highest BCUT2D eigenvalue weighted by Gasteiger charge is 2.17. The highest BCUT2D eigenvalue weighted by Crippen LogP contribution is 2.22. The van der Waals surface area contributed by atoms with Crippen molar-refractivity contribution in [1.29, 1.82) is 0 Å². The number of piperidine rings is 1. The number of carbonyl (C=O) groups is 1. The first-order valence-corrected chi connectivity index (χ1v) is 8.72. The van der Waals surface area contributed by atoms with Crippen molar-refractivity contribution in [3.8, 4) is 11.5 Å². The van der Waals surface area contributed by atoms with E-state index in [-0.39, 0.29) is 12.0 Å². The number of ether oxygens (including phenoxy) is 1. The molecule has 2 aromatic rings. The summed E-state index contributed by atoms with van der Waals surface area (Å²) in [6.07, 6.45) is 1.87. The molecule has 25 heavy (non-hydrogen) atoms. The van der Waals surface area contributed by atoms with Gasteiger partial charge in [-0.25, -0.2) is 0 Å². The number of anilines is 1. The fraction of sp³-hybridized carbons (Fsp3) is 0.350. The van der Waals surface area contributed by atoms with Crippen LogP contribution in [0.4, 0.5) is 5.69 Å². The largest absolute Gasteiger partial charge is 0.457 e. The second kappa shape index (κ2) is 8.65. The Bertz CT molecular complexity index is 665. The van der Waals surface area contributed by atoms with E-state index in [0.717, 1.165) is 49.7 Å². The number of likely N-dealkylation sites (tertiary alicyclic amines) is 1. The van der Waals surface area contributed by atoms with Gasteiger partial charge in [0.05, 0.1) is 6.10 Å². The molecule has 5 heteroatoms. The van der Waals surface area contributed by atoms with Crippen LogP contribution in [-0.2, 0) is 4.79 Å². The highest BCUT2D eigenvalue weighted by atomic mass is 16.5. The van der Waals surface area contributed by atoms with Gasteiger partial charge in [-0.05, 0) is 49.2 Å². The third-order valence-electron chi connectivity index (χ3n) is 4.33. The maximum atomic E-state index is 12.1. The lowest BCUT2D eigenvalue weighted by Gasteiger charge is -2.29. The van der Waals surface area contributed by atoms with Gasteiger partial charge in [-0.15, -0.1) is 0 Å². The van der Waals surface area contributed by atoms with Crippen LogP contribution in [0.1, 0.15) is 19.3 Å². The molecule has 1 amide bonds. The molecule has 2 N–H and O–H groups in total. The van der Waals surface area contributed by atoms with Crippen LogP contribution in [-0.4, -0.2) is 41.7 Å². The fourth-order valence-corrected chi connectivity index (χ4v) is 2.86. The van der Waals surface area contributed by atoms with E-state index in [0.29, 0.717) is 6.42 Å². The van der Waals surface area contributed by atoms with Crippen molar-refractivity contribution < 1.29 is 14.6 Å². The lowest BCUT2D eigenvalue weighted by atomic mass is 10.1. The standard InChI is InChI=1S/C20H24N2O3/c23-17-10-13-22(14-11-17)15-12-20(24)21-16-6-8-19(9-7-16)25-18-4-2-1-3-5-18/h1-9,17,23H,10-15H2,(H,21,24). The van der Waals surface area contributed by atoms with Crippen molar-refractivity contribution in [3.05, 3.63) is 54.6 Å². The third kappa shape index (κ3) is 5.59. The van der Waals surface area contributed by atoms with E-state index in [2.05, 4.69) is 10.2 Å².